The molecule has 0 spiro atoms. The largest absolute Gasteiger partial charge is 0.486 e. The molecule has 8 nitrogen and oxygen atoms in total. The van der Waals surface area contributed by atoms with Crippen molar-refractivity contribution in [3.8, 4) is 23.1 Å². The van der Waals surface area contributed by atoms with Crippen LogP contribution < -0.4 is 10.1 Å². The van der Waals surface area contributed by atoms with Gasteiger partial charge in [-0.25, -0.2) is 4.98 Å². The molecule has 0 aliphatic carbocycles. The molecule has 1 saturated heterocycles. The summed E-state index contributed by atoms with van der Waals surface area (Å²) in [6.45, 7) is 3.29. The van der Waals surface area contributed by atoms with Gasteiger partial charge in [0.25, 0.3) is 0 Å². The number of nitrogens with zero attached hydrogens (tertiary/aromatic N) is 4. The predicted octanol–water partition coefficient (Wildman–Crippen LogP) is 5.93. The molecule has 0 radical (unpaired) electrons. The monoisotopic (exact) mass is 508 g/mol. The van der Waals surface area contributed by atoms with Crippen LogP contribution in [0.5, 0.6) is 5.75 Å². The van der Waals surface area contributed by atoms with Gasteiger partial charge in [0.05, 0.1) is 21.1 Å². The molecule has 4 heterocycles. The number of halogens is 2. The van der Waals surface area contributed by atoms with Crippen molar-refractivity contribution in [2.24, 2.45) is 0 Å². The molecule has 1 fully saturated rings. The van der Waals surface area contributed by atoms with Crippen molar-refractivity contribution < 1.29 is 9.47 Å². The van der Waals surface area contributed by atoms with E-state index >= 15 is 0 Å². The number of hydrogen-bond donors (Lipinski definition) is 2. The summed E-state index contributed by atoms with van der Waals surface area (Å²) in [5.41, 5.74) is 3.39. The fourth-order valence-corrected chi connectivity index (χ4v) is 4.86. The molecule has 0 saturated carbocycles. The summed E-state index contributed by atoms with van der Waals surface area (Å²) in [7, 11) is 0. The molecule has 0 unspecified atom stereocenters. The summed E-state index contributed by atoms with van der Waals surface area (Å²) in [5.74, 6) is 1.20. The Bertz CT molecular complexity index is 1390. The van der Waals surface area contributed by atoms with Crippen LogP contribution >= 0.6 is 23.2 Å². The minimum absolute atomic E-state index is 0.240. The van der Waals surface area contributed by atoms with Crippen LogP contribution in [0.15, 0.2) is 42.9 Å². The number of fused-ring (bicyclic) bond motifs is 1. The number of H-pyrrole nitrogens is 1. The Hall–Kier alpha value is -3.38. The molecular weight excluding hydrogens is 487 g/mol. The Morgan fingerprint density at radius 2 is 1.94 bits per heavy atom. The maximum atomic E-state index is 9.75. The van der Waals surface area contributed by atoms with Crippen molar-refractivity contribution in [1.82, 2.24) is 20.2 Å². The molecule has 2 N–H and O–H groups in total. The molecule has 0 amide bonds. The van der Waals surface area contributed by atoms with Gasteiger partial charge in [-0.15, -0.1) is 0 Å². The van der Waals surface area contributed by atoms with E-state index in [1.54, 1.807) is 24.7 Å². The standard InChI is InChI=1S/C25H22Cl2N6O2/c1-14(23-20(26)12-29-13-21(23)27)35-18-2-3-22-19(9-18)24(33-32-22)16-8-15(10-28)25(30-11-16)31-17-4-6-34-7-5-17/h2-3,8-9,11-14,17H,4-7H2,1H3,(H,30,31)(H,32,33)/t14-/m1/s1. The lowest BCUT2D eigenvalue weighted by atomic mass is 10.1. The first-order chi connectivity index (χ1) is 17.0. The molecule has 4 aromatic rings. The maximum Gasteiger partial charge on any atom is 0.144 e. The summed E-state index contributed by atoms with van der Waals surface area (Å²) >= 11 is 12.6. The van der Waals surface area contributed by atoms with Gasteiger partial charge in [-0.2, -0.15) is 10.4 Å². The van der Waals surface area contributed by atoms with E-state index in [2.05, 4.69) is 31.6 Å². The normalized spacial score (nSPS) is 15.0. The van der Waals surface area contributed by atoms with E-state index in [1.807, 2.05) is 25.1 Å². The van der Waals surface area contributed by atoms with Gasteiger partial charge in [-0.1, -0.05) is 23.2 Å². The average Bonchev–Trinajstić information content (AvgIpc) is 3.28. The number of benzene rings is 1. The highest BCUT2D eigenvalue weighted by molar-refractivity contribution is 6.35. The summed E-state index contributed by atoms with van der Waals surface area (Å²) in [6, 6.07) is 9.94. The van der Waals surface area contributed by atoms with Crippen molar-refractivity contribution in [3.63, 3.8) is 0 Å². The number of ether oxygens (including phenoxy) is 2. The summed E-state index contributed by atoms with van der Waals surface area (Å²) in [6.07, 6.45) is 6.18. The first kappa shape index (κ1) is 23.4. The number of pyridine rings is 2. The van der Waals surface area contributed by atoms with Crippen molar-refractivity contribution in [1.29, 1.82) is 5.26 Å². The highest BCUT2D eigenvalue weighted by Crippen LogP contribution is 2.35. The third-order valence-electron chi connectivity index (χ3n) is 5.99. The van der Waals surface area contributed by atoms with Crippen LogP contribution in [0.1, 0.15) is 37.0 Å². The van der Waals surface area contributed by atoms with Crippen molar-refractivity contribution in [3.05, 3.63) is 64.0 Å². The zero-order chi connectivity index (χ0) is 24.4. The van der Waals surface area contributed by atoms with Crippen LogP contribution in [0.2, 0.25) is 10.0 Å². The first-order valence-corrected chi connectivity index (χ1v) is 12.0. The molecule has 3 aromatic heterocycles. The van der Waals surface area contributed by atoms with Gasteiger partial charge in [0.1, 0.15) is 29.4 Å². The zero-order valence-electron chi connectivity index (χ0n) is 18.9. The molecule has 0 bridgehead atoms. The van der Waals surface area contributed by atoms with E-state index in [4.69, 9.17) is 32.7 Å². The molecule has 5 rings (SSSR count). The zero-order valence-corrected chi connectivity index (χ0v) is 20.4. The first-order valence-electron chi connectivity index (χ1n) is 11.2. The maximum absolute atomic E-state index is 9.75. The van der Waals surface area contributed by atoms with Crippen LogP contribution in [0, 0.1) is 11.3 Å². The van der Waals surface area contributed by atoms with Crippen LogP contribution in [-0.2, 0) is 4.74 Å². The van der Waals surface area contributed by atoms with Crippen LogP contribution in [0.25, 0.3) is 22.2 Å². The molecule has 10 heteroatoms. The molecule has 1 aliphatic heterocycles. The average molecular weight is 509 g/mol. The Morgan fingerprint density at radius 1 is 1.17 bits per heavy atom. The van der Waals surface area contributed by atoms with Gasteiger partial charge in [-0.3, -0.25) is 10.1 Å². The van der Waals surface area contributed by atoms with Gasteiger partial charge >= 0.3 is 0 Å². The van der Waals surface area contributed by atoms with Crippen molar-refractivity contribution >= 4 is 39.9 Å². The van der Waals surface area contributed by atoms with Crippen molar-refractivity contribution in [2.75, 3.05) is 18.5 Å². The van der Waals surface area contributed by atoms with Crippen LogP contribution in [-0.4, -0.2) is 39.4 Å². The smallest absolute Gasteiger partial charge is 0.144 e. The topological polar surface area (TPSA) is 109 Å². The van der Waals surface area contributed by atoms with Crippen molar-refractivity contribution in [2.45, 2.75) is 31.9 Å². The predicted molar refractivity (Wildman–Crippen MR) is 135 cm³/mol. The number of anilines is 1. The van der Waals surface area contributed by atoms with E-state index in [9.17, 15) is 5.26 Å². The van der Waals surface area contributed by atoms with E-state index in [0.29, 0.717) is 51.6 Å². The lowest BCUT2D eigenvalue weighted by Crippen LogP contribution is -2.28. The Morgan fingerprint density at radius 3 is 2.69 bits per heavy atom. The number of aromatic nitrogens is 4. The lowest BCUT2D eigenvalue weighted by molar-refractivity contribution is 0.0904. The third-order valence-corrected chi connectivity index (χ3v) is 6.59. The van der Waals surface area contributed by atoms with Gasteiger partial charge < -0.3 is 14.8 Å². The van der Waals surface area contributed by atoms with Gasteiger partial charge in [0, 0.05) is 54.4 Å². The minimum Gasteiger partial charge on any atom is -0.486 e. The molecule has 1 atom stereocenters. The molecule has 1 aromatic carbocycles. The fourth-order valence-electron chi connectivity index (χ4n) is 4.19. The second kappa shape index (κ2) is 10.1. The number of rotatable bonds is 6. The van der Waals surface area contributed by atoms with E-state index in [1.165, 1.54) is 0 Å². The molecule has 35 heavy (non-hydrogen) atoms. The number of aromatic amines is 1. The quantitative estimate of drug-likeness (QED) is 0.332. The highest BCUT2D eigenvalue weighted by atomic mass is 35.5. The van der Waals surface area contributed by atoms with Crippen LogP contribution in [0.3, 0.4) is 0 Å². The third kappa shape index (κ3) is 4.89. The number of nitriles is 1. The van der Waals surface area contributed by atoms with Gasteiger partial charge in [-0.05, 0) is 44.0 Å². The molecular formula is C25H22Cl2N6O2. The summed E-state index contributed by atoms with van der Waals surface area (Å²) < 4.78 is 11.6. The minimum atomic E-state index is -0.395. The molecule has 1 aliphatic rings. The second-order valence-corrected chi connectivity index (χ2v) is 9.13. The van der Waals surface area contributed by atoms with Gasteiger partial charge in [0.2, 0.25) is 0 Å². The van der Waals surface area contributed by atoms with E-state index in [-0.39, 0.29) is 6.04 Å². The number of nitrogens with one attached hydrogen (secondary N) is 2. The highest BCUT2D eigenvalue weighted by Gasteiger charge is 2.19. The second-order valence-electron chi connectivity index (χ2n) is 8.32. The number of hydrogen-bond acceptors (Lipinski definition) is 7. The fraction of sp³-hybridized carbons (Fsp3) is 0.280. The lowest BCUT2D eigenvalue weighted by Gasteiger charge is -2.24. The Kier molecular flexibility index (Phi) is 6.73. The van der Waals surface area contributed by atoms with Crippen LogP contribution in [0.4, 0.5) is 5.82 Å². The Balaban J connectivity index is 1.43. The van der Waals surface area contributed by atoms with E-state index < -0.39 is 6.10 Å². The van der Waals surface area contributed by atoms with Gasteiger partial charge in [0.15, 0.2) is 0 Å². The summed E-state index contributed by atoms with van der Waals surface area (Å²) in [4.78, 5) is 8.54. The molecule has 178 valence electrons. The van der Waals surface area contributed by atoms with E-state index in [0.717, 1.165) is 29.3 Å². The summed E-state index contributed by atoms with van der Waals surface area (Å²) in [5, 5.41) is 22.4. The SMILES string of the molecule is C[C@@H](Oc1ccc2[nH]nc(-c3cnc(NC4CCOCC4)c(C#N)c3)c2c1)c1c(Cl)cncc1Cl. The Labute approximate surface area is 212 Å².